The monoisotopic (exact) mass is 446 g/mol. The number of alkyl halides is 3. The van der Waals surface area contributed by atoms with Crippen molar-refractivity contribution in [2.75, 3.05) is 30.3 Å². The summed E-state index contributed by atoms with van der Waals surface area (Å²) in [6, 6.07) is 3.19. The number of amides is 2. The predicted molar refractivity (Wildman–Crippen MR) is 105 cm³/mol. The molecule has 0 unspecified atom stereocenters. The Morgan fingerprint density at radius 1 is 1.31 bits per heavy atom. The fourth-order valence-corrected chi connectivity index (χ4v) is 3.86. The van der Waals surface area contributed by atoms with Crippen LogP contribution in [0.1, 0.15) is 18.4 Å². The maximum atomic E-state index is 13.2. The first-order valence-electron chi connectivity index (χ1n) is 8.81. The van der Waals surface area contributed by atoms with Gasteiger partial charge in [-0.05, 0) is 37.6 Å². The summed E-state index contributed by atoms with van der Waals surface area (Å²) >= 11 is 6.96. The zero-order valence-electron chi connectivity index (χ0n) is 15.1. The van der Waals surface area contributed by atoms with Crippen LogP contribution in [-0.2, 0) is 15.8 Å². The van der Waals surface area contributed by atoms with E-state index in [0.29, 0.717) is 31.1 Å². The van der Waals surface area contributed by atoms with Crippen LogP contribution in [0.15, 0.2) is 29.8 Å². The van der Waals surface area contributed by atoms with Gasteiger partial charge in [0.05, 0.1) is 23.7 Å². The van der Waals surface area contributed by atoms with Crippen molar-refractivity contribution in [3.63, 3.8) is 0 Å². The maximum Gasteiger partial charge on any atom is 0.418 e. The van der Waals surface area contributed by atoms with Gasteiger partial charge in [0, 0.05) is 23.1 Å². The lowest BCUT2D eigenvalue weighted by molar-refractivity contribution is -0.137. The molecule has 1 aliphatic heterocycles. The zero-order valence-corrected chi connectivity index (χ0v) is 16.7. The topological polar surface area (TPSA) is 74.3 Å². The number of carbonyl (C=O) groups excluding carboxylic acids is 2. The number of hydrogen-bond acceptors (Lipinski definition) is 5. The highest BCUT2D eigenvalue weighted by Crippen LogP contribution is 2.36. The van der Waals surface area contributed by atoms with Gasteiger partial charge in [0.15, 0.2) is 5.13 Å². The molecular weight excluding hydrogens is 429 g/mol. The molecule has 0 spiro atoms. The Labute approximate surface area is 174 Å². The molecule has 1 saturated heterocycles. The quantitative estimate of drug-likeness (QED) is 0.725. The zero-order chi connectivity index (χ0) is 21.0. The Morgan fingerprint density at radius 2 is 2.10 bits per heavy atom. The van der Waals surface area contributed by atoms with Crippen LogP contribution in [0.2, 0.25) is 5.02 Å². The Morgan fingerprint density at radius 3 is 2.79 bits per heavy atom. The fourth-order valence-electron chi connectivity index (χ4n) is 3.16. The van der Waals surface area contributed by atoms with E-state index in [1.54, 1.807) is 16.5 Å². The molecule has 2 N–H and O–H groups in total. The summed E-state index contributed by atoms with van der Waals surface area (Å²) in [6.45, 7) is 0.819. The third-order valence-corrected chi connectivity index (χ3v) is 5.39. The third-order valence-electron chi connectivity index (χ3n) is 4.47. The third kappa shape index (κ3) is 5.91. The van der Waals surface area contributed by atoms with Gasteiger partial charge < -0.3 is 10.6 Å². The number of rotatable bonds is 5. The molecule has 1 aromatic heterocycles. The van der Waals surface area contributed by atoms with Crippen LogP contribution in [0.3, 0.4) is 0 Å². The second-order valence-electron chi connectivity index (χ2n) is 6.64. The predicted octanol–water partition coefficient (Wildman–Crippen LogP) is 4.10. The number of halogens is 4. The standard InChI is InChI=1S/C18H18ClF3N4O2S/c19-12-3-4-14(13(8-12)18(20,21)22)24-15(27)10-26-6-1-2-11(9-26)16(28)25-17-23-5-7-29-17/h3-5,7-8,11H,1-2,6,9-10H2,(H,24,27)(H,23,25,28)/t11-/m1/s1. The van der Waals surface area contributed by atoms with E-state index in [1.807, 2.05) is 0 Å². The molecule has 3 rings (SSSR count). The molecule has 1 aromatic carbocycles. The van der Waals surface area contributed by atoms with Gasteiger partial charge in [0.2, 0.25) is 11.8 Å². The van der Waals surface area contributed by atoms with Crippen molar-refractivity contribution in [3.05, 3.63) is 40.4 Å². The molecule has 29 heavy (non-hydrogen) atoms. The fraction of sp³-hybridized carbons (Fsp3) is 0.389. The number of aromatic nitrogens is 1. The number of benzene rings is 1. The van der Waals surface area contributed by atoms with Crippen LogP contribution in [0.25, 0.3) is 0 Å². The van der Waals surface area contributed by atoms with Crippen LogP contribution in [-0.4, -0.2) is 41.3 Å². The number of carbonyl (C=O) groups is 2. The Kier molecular flexibility index (Phi) is 6.76. The lowest BCUT2D eigenvalue weighted by Crippen LogP contribution is -2.44. The molecule has 11 heteroatoms. The molecule has 0 bridgehead atoms. The van der Waals surface area contributed by atoms with Crippen molar-refractivity contribution in [1.29, 1.82) is 0 Å². The van der Waals surface area contributed by atoms with Gasteiger partial charge in [-0.15, -0.1) is 11.3 Å². The molecule has 1 atom stereocenters. The van der Waals surface area contributed by atoms with E-state index in [0.717, 1.165) is 12.1 Å². The van der Waals surface area contributed by atoms with Crippen LogP contribution >= 0.6 is 22.9 Å². The van der Waals surface area contributed by atoms with Gasteiger partial charge in [-0.1, -0.05) is 11.6 Å². The molecule has 2 heterocycles. The first kappa shape index (κ1) is 21.5. The van der Waals surface area contributed by atoms with Crippen molar-refractivity contribution in [2.45, 2.75) is 19.0 Å². The molecule has 0 saturated carbocycles. The van der Waals surface area contributed by atoms with E-state index < -0.39 is 17.6 Å². The second kappa shape index (κ2) is 9.10. The molecule has 1 fully saturated rings. The molecule has 0 aliphatic carbocycles. The number of anilines is 2. The highest BCUT2D eigenvalue weighted by molar-refractivity contribution is 7.13. The van der Waals surface area contributed by atoms with Crippen molar-refractivity contribution >= 4 is 45.6 Å². The van der Waals surface area contributed by atoms with Gasteiger partial charge >= 0.3 is 6.18 Å². The Bertz CT molecular complexity index is 876. The lowest BCUT2D eigenvalue weighted by atomic mass is 9.97. The number of thiazole rings is 1. The minimum Gasteiger partial charge on any atom is -0.324 e. The number of piperidine rings is 1. The first-order valence-corrected chi connectivity index (χ1v) is 10.1. The van der Waals surface area contributed by atoms with E-state index in [4.69, 9.17) is 11.6 Å². The van der Waals surface area contributed by atoms with Crippen LogP contribution in [0.4, 0.5) is 24.0 Å². The Balaban J connectivity index is 1.59. The summed E-state index contributed by atoms with van der Waals surface area (Å²) in [5, 5.41) is 7.23. The lowest BCUT2D eigenvalue weighted by Gasteiger charge is -2.31. The summed E-state index contributed by atoms with van der Waals surface area (Å²) in [4.78, 5) is 30.4. The molecule has 6 nitrogen and oxygen atoms in total. The summed E-state index contributed by atoms with van der Waals surface area (Å²) in [6.07, 6.45) is -1.68. The van der Waals surface area contributed by atoms with Crippen LogP contribution in [0.5, 0.6) is 0 Å². The molecular formula is C18H18ClF3N4O2S. The van der Waals surface area contributed by atoms with E-state index in [9.17, 15) is 22.8 Å². The number of likely N-dealkylation sites (tertiary alicyclic amines) is 1. The highest BCUT2D eigenvalue weighted by Gasteiger charge is 2.34. The molecule has 1 aliphatic rings. The van der Waals surface area contributed by atoms with Crippen molar-refractivity contribution < 1.29 is 22.8 Å². The van der Waals surface area contributed by atoms with Gasteiger partial charge in [0.25, 0.3) is 0 Å². The van der Waals surface area contributed by atoms with E-state index >= 15 is 0 Å². The summed E-state index contributed by atoms with van der Waals surface area (Å²) in [7, 11) is 0. The first-order chi connectivity index (χ1) is 13.7. The minimum absolute atomic E-state index is 0.0690. The normalized spacial score (nSPS) is 17.7. The smallest absolute Gasteiger partial charge is 0.324 e. The average Bonchev–Trinajstić information content (AvgIpc) is 3.15. The largest absolute Gasteiger partial charge is 0.418 e. The molecule has 2 amide bonds. The minimum atomic E-state index is -4.64. The second-order valence-corrected chi connectivity index (χ2v) is 7.97. The van der Waals surface area contributed by atoms with Crippen molar-refractivity contribution in [1.82, 2.24) is 9.88 Å². The molecule has 156 valence electrons. The number of hydrogen-bond donors (Lipinski definition) is 2. The summed E-state index contributed by atoms with van der Waals surface area (Å²) in [5.41, 5.74) is -1.35. The van der Waals surface area contributed by atoms with Crippen LogP contribution in [0, 0.1) is 5.92 Å². The maximum absolute atomic E-state index is 13.2. The molecule has 2 aromatic rings. The van der Waals surface area contributed by atoms with E-state index in [-0.39, 0.29) is 29.1 Å². The average molecular weight is 447 g/mol. The SMILES string of the molecule is O=C(CN1CCC[C@@H](C(=O)Nc2nccs2)C1)Nc1ccc(Cl)cc1C(F)(F)F. The van der Waals surface area contributed by atoms with Gasteiger partial charge in [-0.3, -0.25) is 14.5 Å². The summed E-state index contributed by atoms with van der Waals surface area (Å²) in [5.74, 6) is -1.08. The Hall–Kier alpha value is -2.17. The highest BCUT2D eigenvalue weighted by atomic mass is 35.5. The van der Waals surface area contributed by atoms with Crippen molar-refractivity contribution in [3.8, 4) is 0 Å². The van der Waals surface area contributed by atoms with Gasteiger partial charge in [-0.25, -0.2) is 4.98 Å². The van der Waals surface area contributed by atoms with Gasteiger partial charge in [0.1, 0.15) is 0 Å². The van der Waals surface area contributed by atoms with Crippen molar-refractivity contribution in [2.24, 2.45) is 5.92 Å². The number of nitrogens with zero attached hydrogens (tertiary/aromatic N) is 2. The van der Waals surface area contributed by atoms with E-state index in [2.05, 4.69) is 15.6 Å². The van der Waals surface area contributed by atoms with Gasteiger partial charge in [-0.2, -0.15) is 13.2 Å². The number of nitrogens with one attached hydrogen (secondary N) is 2. The van der Waals surface area contributed by atoms with E-state index in [1.165, 1.54) is 17.4 Å². The van der Waals surface area contributed by atoms with Crippen LogP contribution < -0.4 is 10.6 Å². The summed E-state index contributed by atoms with van der Waals surface area (Å²) < 4.78 is 39.5. The molecule has 0 radical (unpaired) electrons.